The minimum atomic E-state index is -0.746. The second kappa shape index (κ2) is 7.45. The SMILES string of the molecule is O=C(O)C1CCN(C(c2cnc3ccccc3c2)c2ccccc2F)CC1. The number of piperidine rings is 1. The Hall–Kier alpha value is -2.79. The van der Waals surface area contributed by atoms with Crippen LogP contribution in [-0.4, -0.2) is 34.0 Å². The van der Waals surface area contributed by atoms with E-state index in [2.05, 4.69) is 16.0 Å². The van der Waals surface area contributed by atoms with Crippen LogP contribution in [0.2, 0.25) is 0 Å². The van der Waals surface area contributed by atoms with E-state index in [1.54, 1.807) is 12.1 Å². The first-order valence-corrected chi connectivity index (χ1v) is 9.19. The van der Waals surface area contributed by atoms with E-state index in [4.69, 9.17) is 0 Å². The first kappa shape index (κ1) is 17.6. The number of carbonyl (C=O) groups is 1. The zero-order chi connectivity index (χ0) is 18.8. The van der Waals surface area contributed by atoms with Gasteiger partial charge in [-0.15, -0.1) is 0 Å². The molecule has 3 aromatic rings. The maximum atomic E-state index is 14.7. The maximum Gasteiger partial charge on any atom is 0.306 e. The van der Waals surface area contributed by atoms with E-state index >= 15 is 0 Å². The summed E-state index contributed by atoms with van der Waals surface area (Å²) in [5, 5.41) is 10.3. The van der Waals surface area contributed by atoms with Crippen LogP contribution in [-0.2, 0) is 4.79 Å². The van der Waals surface area contributed by atoms with Crippen LogP contribution in [0.5, 0.6) is 0 Å². The van der Waals surface area contributed by atoms with Gasteiger partial charge in [-0.25, -0.2) is 4.39 Å². The molecule has 1 saturated heterocycles. The van der Waals surface area contributed by atoms with Crippen LogP contribution in [0.3, 0.4) is 0 Å². The first-order chi connectivity index (χ1) is 13.1. The van der Waals surface area contributed by atoms with Gasteiger partial charge in [-0.3, -0.25) is 14.7 Å². The molecule has 1 aliphatic rings. The Morgan fingerprint density at radius 2 is 1.81 bits per heavy atom. The smallest absolute Gasteiger partial charge is 0.306 e. The van der Waals surface area contributed by atoms with Gasteiger partial charge in [0.15, 0.2) is 0 Å². The van der Waals surface area contributed by atoms with Crippen molar-refractivity contribution in [3.05, 3.63) is 77.7 Å². The van der Waals surface area contributed by atoms with Crippen molar-refractivity contribution in [3.63, 3.8) is 0 Å². The molecule has 0 radical (unpaired) electrons. The van der Waals surface area contributed by atoms with Gasteiger partial charge in [0.25, 0.3) is 0 Å². The van der Waals surface area contributed by atoms with Crippen molar-refractivity contribution in [2.45, 2.75) is 18.9 Å². The zero-order valence-corrected chi connectivity index (χ0v) is 14.9. The van der Waals surface area contributed by atoms with E-state index in [0.717, 1.165) is 16.5 Å². The fourth-order valence-corrected chi connectivity index (χ4v) is 3.93. The van der Waals surface area contributed by atoms with Crippen LogP contribution in [0.15, 0.2) is 60.8 Å². The summed E-state index contributed by atoms with van der Waals surface area (Å²) in [5.41, 5.74) is 2.43. The number of para-hydroxylation sites is 1. The van der Waals surface area contributed by atoms with Crippen molar-refractivity contribution in [2.24, 2.45) is 5.92 Å². The fourth-order valence-electron chi connectivity index (χ4n) is 3.93. The van der Waals surface area contributed by atoms with Gasteiger partial charge in [-0.2, -0.15) is 0 Å². The molecule has 1 aromatic heterocycles. The molecule has 4 rings (SSSR count). The molecule has 2 aromatic carbocycles. The third-order valence-electron chi connectivity index (χ3n) is 5.37. The lowest BCUT2D eigenvalue weighted by atomic mass is 9.91. The molecule has 0 bridgehead atoms. The van der Waals surface area contributed by atoms with Crippen molar-refractivity contribution >= 4 is 16.9 Å². The van der Waals surface area contributed by atoms with E-state index < -0.39 is 5.97 Å². The standard InChI is InChI=1S/C22H21FN2O2/c23-19-7-3-2-6-18(19)21(25-11-9-15(10-12-25)22(26)27)17-13-16-5-1-4-8-20(16)24-14-17/h1-8,13-15,21H,9-12H2,(H,26,27). The van der Waals surface area contributed by atoms with E-state index in [-0.39, 0.29) is 17.8 Å². The summed E-state index contributed by atoms with van der Waals surface area (Å²) in [6, 6.07) is 16.4. The molecule has 0 aliphatic carbocycles. The van der Waals surface area contributed by atoms with Gasteiger partial charge < -0.3 is 5.11 Å². The number of pyridine rings is 1. The van der Waals surface area contributed by atoms with E-state index in [1.807, 2.05) is 36.5 Å². The molecule has 1 N–H and O–H groups in total. The number of carboxylic acid groups (broad SMARTS) is 1. The molecule has 0 spiro atoms. The predicted molar refractivity (Wildman–Crippen MR) is 102 cm³/mol. The number of hydrogen-bond acceptors (Lipinski definition) is 3. The molecule has 1 atom stereocenters. The summed E-state index contributed by atoms with van der Waals surface area (Å²) >= 11 is 0. The average Bonchev–Trinajstić information content (AvgIpc) is 2.70. The summed E-state index contributed by atoms with van der Waals surface area (Å²) in [7, 11) is 0. The molecule has 0 saturated carbocycles. The molecule has 4 nitrogen and oxygen atoms in total. The summed E-state index contributed by atoms with van der Waals surface area (Å²) in [6.45, 7) is 1.23. The quantitative estimate of drug-likeness (QED) is 0.752. The molecule has 1 aliphatic heterocycles. The van der Waals surface area contributed by atoms with Crippen molar-refractivity contribution in [3.8, 4) is 0 Å². The number of carboxylic acids is 1. The van der Waals surface area contributed by atoms with Crippen LogP contribution in [0.4, 0.5) is 4.39 Å². The van der Waals surface area contributed by atoms with Crippen molar-refractivity contribution < 1.29 is 14.3 Å². The molecule has 138 valence electrons. The van der Waals surface area contributed by atoms with Gasteiger partial charge in [0.2, 0.25) is 0 Å². The summed E-state index contributed by atoms with van der Waals surface area (Å²) in [6.07, 6.45) is 2.95. The van der Waals surface area contributed by atoms with Gasteiger partial charge in [0, 0.05) is 17.1 Å². The Morgan fingerprint density at radius 3 is 2.56 bits per heavy atom. The van der Waals surface area contributed by atoms with Gasteiger partial charge in [0.1, 0.15) is 5.82 Å². The number of hydrogen-bond donors (Lipinski definition) is 1. The van der Waals surface area contributed by atoms with E-state index in [1.165, 1.54) is 6.07 Å². The van der Waals surface area contributed by atoms with Gasteiger partial charge >= 0.3 is 5.97 Å². The molecule has 1 fully saturated rings. The Bertz CT molecular complexity index is 967. The first-order valence-electron chi connectivity index (χ1n) is 9.19. The molecular weight excluding hydrogens is 343 g/mol. The lowest BCUT2D eigenvalue weighted by molar-refractivity contribution is -0.143. The highest BCUT2D eigenvalue weighted by atomic mass is 19.1. The Labute approximate surface area is 157 Å². The van der Waals surface area contributed by atoms with Gasteiger partial charge in [-0.05, 0) is 49.7 Å². The molecule has 0 amide bonds. The normalized spacial score (nSPS) is 17.1. The van der Waals surface area contributed by atoms with Crippen molar-refractivity contribution in [1.82, 2.24) is 9.88 Å². The summed E-state index contributed by atoms with van der Waals surface area (Å²) in [4.78, 5) is 18.0. The molecule has 5 heteroatoms. The number of halogens is 1. The van der Waals surface area contributed by atoms with Crippen molar-refractivity contribution in [2.75, 3.05) is 13.1 Å². The fraction of sp³-hybridized carbons (Fsp3) is 0.273. The molecule has 1 unspecified atom stereocenters. The number of nitrogens with zero attached hydrogens (tertiary/aromatic N) is 2. The number of rotatable bonds is 4. The van der Waals surface area contributed by atoms with Crippen LogP contribution in [0.25, 0.3) is 10.9 Å². The Balaban J connectivity index is 1.74. The number of aliphatic carboxylic acids is 1. The highest BCUT2D eigenvalue weighted by molar-refractivity contribution is 5.79. The van der Waals surface area contributed by atoms with Crippen LogP contribution >= 0.6 is 0 Å². The van der Waals surface area contributed by atoms with E-state index in [0.29, 0.717) is 31.5 Å². The van der Waals surface area contributed by atoms with E-state index in [9.17, 15) is 14.3 Å². The number of fused-ring (bicyclic) bond motifs is 1. The van der Waals surface area contributed by atoms with Gasteiger partial charge in [-0.1, -0.05) is 36.4 Å². The predicted octanol–water partition coefficient (Wildman–Crippen LogP) is 4.26. The second-order valence-electron chi connectivity index (χ2n) is 7.03. The van der Waals surface area contributed by atoms with Crippen molar-refractivity contribution in [1.29, 1.82) is 0 Å². The van der Waals surface area contributed by atoms with Gasteiger partial charge in [0.05, 0.1) is 17.5 Å². The highest BCUT2D eigenvalue weighted by Gasteiger charge is 2.31. The maximum absolute atomic E-state index is 14.7. The number of likely N-dealkylation sites (tertiary alicyclic amines) is 1. The third kappa shape index (κ3) is 3.55. The lowest BCUT2D eigenvalue weighted by Crippen LogP contribution is -2.39. The zero-order valence-electron chi connectivity index (χ0n) is 14.9. The monoisotopic (exact) mass is 364 g/mol. The summed E-state index contributed by atoms with van der Waals surface area (Å²) < 4.78 is 14.7. The minimum Gasteiger partial charge on any atom is -0.481 e. The lowest BCUT2D eigenvalue weighted by Gasteiger charge is -2.37. The Kier molecular flexibility index (Phi) is 4.86. The van der Waals surface area contributed by atoms with Crippen LogP contribution in [0.1, 0.15) is 30.0 Å². The largest absolute Gasteiger partial charge is 0.481 e. The topological polar surface area (TPSA) is 53.4 Å². The molecular formula is C22H21FN2O2. The summed E-state index contributed by atoms with van der Waals surface area (Å²) in [5.74, 6) is -1.32. The number of benzene rings is 2. The molecule has 2 heterocycles. The minimum absolute atomic E-state index is 0.254. The Morgan fingerprint density at radius 1 is 1.11 bits per heavy atom. The van der Waals surface area contributed by atoms with Crippen LogP contribution < -0.4 is 0 Å². The van der Waals surface area contributed by atoms with Crippen LogP contribution in [0, 0.1) is 11.7 Å². The third-order valence-corrected chi connectivity index (χ3v) is 5.37. The second-order valence-corrected chi connectivity index (χ2v) is 7.03. The molecule has 27 heavy (non-hydrogen) atoms. The number of aromatic nitrogens is 1. The average molecular weight is 364 g/mol. The highest BCUT2D eigenvalue weighted by Crippen LogP contribution is 2.34.